The van der Waals surface area contributed by atoms with Crippen LogP contribution in [0.2, 0.25) is 0 Å². The van der Waals surface area contributed by atoms with Gasteiger partial charge in [0, 0.05) is 37.2 Å². The highest BCUT2D eigenvalue weighted by Gasteiger charge is 2.24. The lowest BCUT2D eigenvalue weighted by atomic mass is 9.95. The summed E-state index contributed by atoms with van der Waals surface area (Å²) < 4.78 is 2.07. The van der Waals surface area contributed by atoms with Crippen molar-refractivity contribution < 1.29 is 9.90 Å². The number of aliphatic hydroxyl groups excluding tert-OH is 1. The average molecular weight is 350 g/mol. The minimum Gasteiger partial charge on any atom is -0.396 e. The van der Waals surface area contributed by atoms with Gasteiger partial charge in [-0.3, -0.25) is 9.48 Å². The Bertz CT molecular complexity index is 566. The van der Waals surface area contributed by atoms with E-state index in [1.807, 2.05) is 6.92 Å². The van der Waals surface area contributed by atoms with Gasteiger partial charge in [-0.15, -0.1) is 0 Å². The Morgan fingerprint density at radius 1 is 1.28 bits per heavy atom. The highest BCUT2D eigenvalue weighted by atomic mass is 16.3. The first-order valence-corrected chi connectivity index (χ1v) is 9.85. The molecule has 1 amide bonds. The number of carbonyl (C=O) groups is 1. The number of hydrogen-bond donors (Lipinski definition) is 2. The summed E-state index contributed by atoms with van der Waals surface area (Å²) in [5.41, 5.74) is 3.42. The molecule has 0 radical (unpaired) electrons. The first-order valence-electron chi connectivity index (χ1n) is 9.85. The van der Waals surface area contributed by atoms with Crippen LogP contribution < -0.4 is 5.32 Å². The lowest BCUT2D eigenvalue weighted by Gasteiger charge is -2.24. The normalized spacial score (nSPS) is 21.4. The molecular formula is C20H35N3O2. The van der Waals surface area contributed by atoms with Crippen LogP contribution in [0.15, 0.2) is 0 Å². The molecule has 0 aliphatic heterocycles. The molecule has 0 saturated heterocycles. The Hall–Kier alpha value is -1.36. The molecular weight excluding hydrogens is 314 g/mol. The lowest BCUT2D eigenvalue weighted by Crippen LogP contribution is -2.41. The number of carbonyl (C=O) groups excluding carboxylic acids is 1. The molecule has 5 nitrogen and oxygen atoms in total. The van der Waals surface area contributed by atoms with Crippen molar-refractivity contribution in [3.8, 4) is 0 Å². The quantitative estimate of drug-likeness (QED) is 0.743. The predicted molar refractivity (Wildman–Crippen MR) is 100 cm³/mol. The molecule has 1 fully saturated rings. The fourth-order valence-electron chi connectivity index (χ4n) is 3.93. The van der Waals surface area contributed by atoms with Crippen LogP contribution in [-0.2, 0) is 17.8 Å². The molecule has 1 aliphatic rings. The second-order valence-corrected chi connectivity index (χ2v) is 7.98. The van der Waals surface area contributed by atoms with E-state index in [2.05, 4.69) is 35.9 Å². The van der Waals surface area contributed by atoms with Crippen molar-refractivity contribution in [2.75, 3.05) is 6.61 Å². The van der Waals surface area contributed by atoms with Crippen LogP contribution in [0.3, 0.4) is 0 Å². The number of hydrogen-bond acceptors (Lipinski definition) is 3. The fourth-order valence-corrected chi connectivity index (χ4v) is 3.93. The summed E-state index contributed by atoms with van der Waals surface area (Å²) in [5, 5.41) is 17.4. The number of nitrogens with zero attached hydrogens (tertiary/aromatic N) is 2. The Morgan fingerprint density at radius 2 is 2.00 bits per heavy atom. The summed E-state index contributed by atoms with van der Waals surface area (Å²) in [6, 6.07) is 0.130. The molecule has 2 atom stereocenters. The molecule has 1 aliphatic carbocycles. The largest absolute Gasteiger partial charge is 0.396 e. The zero-order valence-electron chi connectivity index (χ0n) is 16.3. The first-order chi connectivity index (χ1) is 11.9. The van der Waals surface area contributed by atoms with Gasteiger partial charge in [0.05, 0.1) is 5.69 Å². The molecule has 1 aromatic rings. The van der Waals surface area contributed by atoms with Crippen molar-refractivity contribution in [1.29, 1.82) is 0 Å². The maximum absolute atomic E-state index is 12.4. The predicted octanol–water partition coefficient (Wildman–Crippen LogP) is 3.15. The summed E-state index contributed by atoms with van der Waals surface area (Å²) in [4.78, 5) is 12.4. The molecule has 2 unspecified atom stereocenters. The van der Waals surface area contributed by atoms with Crippen molar-refractivity contribution in [2.45, 2.75) is 85.2 Å². The summed E-state index contributed by atoms with van der Waals surface area (Å²) in [6.45, 7) is 9.60. The van der Waals surface area contributed by atoms with Crippen molar-refractivity contribution in [3.05, 3.63) is 17.0 Å². The van der Waals surface area contributed by atoms with E-state index in [1.54, 1.807) is 0 Å². The SMILES string of the molecule is Cc1nn(CC(C)C)c(C)c1CCC(=O)NC1CCCCCC1CO. The Labute approximate surface area is 152 Å². The van der Waals surface area contributed by atoms with Gasteiger partial charge >= 0.3 is 0 Å². The Morgan fingerprint density at radius 3 is 2.68 bits per heavy atom. The van der Waals surface area contributed by atoms with Gasteiger partial charge in [-0.05, 0) is 44.6 Å². The zero-order chi connectivity index (χ0) is 18.4. The maximum atomic E-state index is 12.4. The van der Waals surface area contributed by atoms with E-state index in [-0.39, 0.29) is 24.5 Å². The van der Waals surface area contributed by atoms with Crippen molar-refractivity contribution in [3.63, 3.8) is 0 Å². The lowest BCUT2D eigenvalue weighted by molar-refractivity contribution is -0.122. The number of aromatic nitrogens is 2. The molecule has 0 spiro atoms. The highest BCUT2D eigenvalue weighted by Crippen LogP contribution is 2.23. The summed E-state index contributed by atoms with van der Waals surface area (Å²) in [5.74, 6) is 0.865. The van der Waals surface area contributed by atoms with Gasteiger partial charge in [-0.25, -0.2) is 0 Å². The molecule has 2 rings (SSSR count). The molecule has 5 heteroatoms. The minimum absolute atomic E-state index is 0.0979. The van der Waals surface area contributed by atoms with E-state index >= 15 is 0 Å². The van der Waals surface area contributed by atoms with E-state index in [0.717, 1.165) is 44.3 Å². The van der Waals surface area contributed by atoms with Crippen molar-refractivity contribution >= 4 is 5.91 Å². The number of rotatable bonds is 7. The summed E-state index contributed by atoms with van der Waals surface area (Å²) in [7, 11) is 0. The second-order valence-electron chi connectivity index (χ2n) is 7.98. The van der Waals surface area contributed by atoms with Crippen molar-refractivity contribution in [2.24, 2.45) is 11.8 Å². The van der Waals surface area contributed by atoms with Gasteiger partial charge in [0.25, 0.3) is 0 Å². The zero-order valence-corrected chi connectivity index (χ0v) is 16.3. The smallest absolute Gasteiger partial charge is 0.220 e. The number of amides is 1. The summed E-state index contributed by atoms with van der Waals surface area (Å²) in [6.07, 6.45) is 6.73. The van der Waals surface area contributed by atoms with Crippen molar-refractivity contribution in [1.82, 2.24) is 15.1 Å². The van der Waals surface area contributed by atoms with Crippen LogP contribution in [0, 0.1) is 25.7 Å². The maximum Gasteiger partial charge on any atom is 0.220 e. The van der Waals surface area contributed by atoms with Crippen LogP contribution >= 0.6 is 0 Å². The monoisotopic (exact) mass is 349 g/mol. The van der Waals surface area contributed by atoms with E-state index in [1.165, 1.54) is 17.7 Å². The number of nitrogens with one attached hydrogen (secondary N) is 1. The van der Waals surface area contributed by atoms with E-state index < -0.39 is 0 Å². The van der Waals surface area contributed by atoms with Crippen LogP contribution in [0.25, 0.3) is 0 Å². The standard InChI is InChI=1S/C20H35N3O2/c1-14(2)12-23-16(4)18(15(3)22-23)10-11-20(25)21-19-9-7-5-6-8-17(19)13-24/h14,17,19,24H,5-13H2,1-4H3,(H,21,25). The third kappa shape index (κ3) is 5.56. The molecule has 142 valence electrons. The average Bonchev–Trinajstić information content (AvgIpc) is 2.72. The Balaban J connectivity index is 1.92. The fraction of sp³-hybridized carbons (Fsp3) is 0.800. The summed E-state index contributed by atoms with van der Waals surface area (Å²) >= 11 is 0. The van der Waals surface area contributed by atoms with Gasteiger partial charge in [0.2, 0.25) is 5.91 Å². The third-order valence-corrected chi connectivity index (χ3v) is 5.41. The van der Waals surface area contributed by atoms with Gasteiger partial charge in [-0.1, -0.05) is 33.1 Å². The van der Waals surface area contributed by atoms with Crippen LogP contribution in [0.4, 0.5) is 0 Å². The van der Waals surface area contributed by atoms with E-state index in [9.17, 15) is 9.90 Å². The molecule has 25 heavy (non-hydrogen) atoms. The van der Waals surface area contributed by atoms with E-state index in [0.29, 0.717) is 12.3 Å². The molecule has 1 saturated carbocycles. The van der Waals surface area contributed by atoms with Gasteiger partial charge in [-0.2, -0.15) is 5.10 Å². The van der Waals surface area contributed by atoms with Crippen LogP contribution in [-0.4, -0.2) is 33.4 Å². The van der Waals surface area contributed by atoms with Gasteiger partial charge in [0.1, 0.15) is 0 Å². The van der Waals surface area contributed by atoms with Crippen LogP contribution in [0.1, 0.15) is 69.3 Å². The molecule has 0 bridgehead atoms. The Kier molecular flexibility index (Phi) is 7.48. The minimum atomic E-state index is 0.0979. The third-order valence-electron chi connectivity index (χ3n) is 5.41. The molecule has 0 aromatic carbocycles. The highest BCUT2D eigenvalue weighted by molar-refractivity contribution is 5.76. The van der Waals surface area contributed by atoms with Gasteiger partial charge < -0.3 is 10.4 Å². The second kappa shape index (κ2) is 9.37. The molecule has 1 aromatic heterocycles. The number of aryl methyl sites for hydroxylation is 1. The van der Waals surface area contributed by atoms with Crippen LogP contribution in [0.5, 0.6) is 0 Å². The molecule has 1 heterocycles. The van der Waals surface area contributed by atoms with Gasteiger partial charge in [0.15, 0.2) is 0 Å². The molecule has 2 N–H and O–H groups in total. The topological polar surface area (TPSA) is 67.2 Å². The van der Waals surface area contributed by atoms with E-state index in [4.69, 9.17) is 0 Å². The first kappa shape index (κ1) is 20.0. The number of aliphatic hydroxyl groups is 1.